The first kappa shape index (κ1) is 12.1. The molecule has 0 unspecified atom stereocenters. The summed E-state index contributed by atoms with van der Waals surface area (Å²) in [5.74, 6) is -0.784. The third-order valence-corrected chi connectivity index (χ3v) is 3.30. The predicted molar refractivity (Wildman–Crippen MR) is 70.0 cm³/mol. The largest absolute Gasteiger partial charge is 0.461 e. The first-order chi connectivity index (χ1) is 9.06. The van der Waals surface area contributed by atoms with E-state index >= 15 is 0 Å². The van der Waals surface area contributed by atoms with E-state index < -0.39 is 5.76 Å². The molecule has 0 aliphatic carbocycles. The summed E-state index contributed by atoms with van der Waals surface area (Å²) in [5.41, 5.74) is 1.96. The topological polar surface area (TPSA) is 73.8 Å². The molecule has 0 aliphatic rings. The molecule has 0 atom stereocenters. The lowest BCUT2D eigenvalue weighted by Gasteiger charge is -2.03. The minimum absolute atomic E-state index is 0.312. The van der Waals surface area contributed by atoms with Gasteiger partial charge in [0.2, 0.25) is 0 Å². The van der Waals surface area contributed by atoms with Crippen molar-refractivity contribution >= 4 is 34.4 Å². The Kier molecular flexibility index (Phi) is 2.76. The summed E-state index contributed by atoms with van der Waals surface area (Å²) in [6.45, 7) is 1.74. The third-order valence-electron chi connectivity index (χ3n) is 2.57. The second-order valence-electron chi connectivity index (χ2n) is 3.83. The maximum absolute atomic E-state index is 11.2. The fourth-order valence-corrected chi connectivity index (χ4v) is 1.99. The van der Waals surface area contributed by atoms with Gasteiger partial charge in [-0.15, -0.1) is 0 Å². The highest BCUT2D eigenvalue weighted by molar-refractivity contribution is 6.42. The van der Waals surface area contributed by atoms with Gasteiger partial charge in [0.05, 0.1) is 21.4 Å². The number of halogens is 2. The van der Waals surface area contributed by atoms with Crippen molar-refractivity contribution < 1.29 is 4.52 Å². The highest BCUT2D eigenvalue weighted by Gasteiger charge is 2.14. The van der Waals surface area contributed by atoms with Crippen LogP contribution in [0.3, 0.4) is 0 Å². The SMILES string of the molecule is Cc1nn(-c2ccc(Cl)c(Cl)c2)c2nc(=O)onc12. The van der Waals surface area contributed by atoms with Gasteiger partial charge in [-0.1, -0.05) is 28.4 Å². The van der Waals surface area contributed by atoms with E-state index in [9.17, 15) is 4.79 Å². The van der Waals surface area contributed by atoms with E-state index in [1.165, 1.54) is 4.68 Å². The van der Waals surface area contributed by atoms with Crippen LogP contribution in [0.25, 0.3) is 16.9 Å². The Morgan fingerprint density at radius 2 is 2.05 bits per heavy atom. The van der Waals surface area contributed by atoms with Gasteiger partial charge in [-0.3, -0.25) is 4.52 Å². The average Bonchev–Trinajstić information content (AvgIpc) is 2.70. The van der Waals surface area contributed by atoms with E-state index in [0.29, 0.717) is 32.6 Å². The Balaban J connectivity index is 2.33. The average molecular weight is 297 g/mol. The van der Waals surface area contributed by atoms with E-state index in [4.69, 9.17) is 23.2 Å². The predicted octanol–water partition coefficient (Wildman–Crippen LogP) is 2.38. The van der Waals surface area contributed by atoms with Crippen molar-refractivity contribution in [1.29, 1.82) is 0 Å². The molecular formula is C11H6Cl2N4O2. The number of hydrogen-bond acceptors (Lipinski definition) is 5. The summed E-state index contributed by atoms with van der Waals surface area (Å²) < 4.78 is 5.97. The highest BCUT2D eigenvalue weighted by Crippen LogP contribution is 2.25. The molecule has 3 rings (SSSR count). The Morgan fingerprint density at radius 3 is 2.79 bits per heavy atom. The molecule has 2 aromatic heterocycles. The van der Waals surface area contributed by atoms with Crippen LogP contribution in [0.2, 0.25) is 10.0 Å². The molecule has 0 radical (unpaired) electrons. The van der Waals surface area contributed by atoms with E-state index in [1.807, 2.05) is 0 Å². The van der Waals surface area contributed by atoms with Gasteiger partial charge in [0.25, 0.3) is 0 Å². The van der Waals surface area contributed by atoms with Gasteiger partial charge in [0.15, 0.2) is 11.2 Å². The van der Waals surface area contributed by atoms with Crippen LogP contribution in [0.5, 0.6) is 0 Å². The summed E-state index contributed by atoms with van der Waals surface area (Å²) >= 11 is 11.8. The van der Waals surface area contributed by atoms with Crippen molar-refractivity contribution in [2.24, 2.45) is 0 Å². The van der Waals surface area contributed by atoms with Crippen LogP contribution < -0.4 is 5.76 Å². The van der Waals surface area contributed by atoms with Gasteiger partial charge in [0, 0.05) is 0 Å². The fraction of sp³-hybridized carbons (Fsp3) is 0.0909. The first-order valence-electron chi connectivity index (χ1n) is 5.25. The normalized spacial score (nSPS) is 11.1. The molecular weight excluding hydrogens is 291 g/mol. The molecule has 0 N–H and O–H groups in total. The van der Waals surface area contributed by atoms with Gasteiger partial charge in [-0.2, -0.15) is 10.1 Å². The summed E-state index contributed by atoms with van der Waals surface area (Å²) in [5, 5.41) is 8.76. The Morgan fingerprint density at radius 1 is 1.26 bits per heavy atom. The first-order valence-corrected chi connectivity index (χ1v) is 6.00. The molecule has 2 heterocycles. The maximum Gasteiger partial charge on any atom is 0.461 e. The standard InChI is InChI=1S/C11H6Cl2N4O2/c1-5-9-10(14-11(18)19-16-9)17(15-5)6-2-3-7(12)8(13)4-6/h2-4H,1H3. The number of aryl methyl sites for hydroxylation is 1. The van der Waals surface area contributed by atoms with Crippen LogP contribution >= 0.6 is 23.2 Å². The zero-order valence-corrected chi connectivity index (χ0v) is 11.1. The number of nitrogens with zero attached hydrogens (tertiary/aromatic N) is 4. The number of rotatable bonds is 1. The summed E-state index contributed by atoms with van der Waals surface area (Å²) in [6.07, 6.45) is 0. The quantitative estimate of drug-likeness (QED) is 0.689. The van der Waals surface area contributed by atoms with Crippen molar-refractivity contribution in [3.05, 3.63) is 44.5 Å². The molecule has 0 aliphatic heterocycles. The molecule has 8 heteroatoms. The number of fused-ring (bicyclic) bond motifs is 1. The van der Waals surface area contributed by atoms with E-state index in [2.05, 4.69) is 19.8 Å². The molecule has 0 spiro atoms. The van der Waals surface area contributed by atoms with Crippen molar-refractivity contribution in [3.8, 4) is 5.69 Å². The second kappa shape index (κ2) is 4.32. The van der Waals surface area contributed by atoms with Gasteiger partial charge < -0.3 is 0 Å². The lowest BCUT2D eigenvalue weighted by Crippen LogP contribution is -2.07. The smallest absolute Gasteiger partial charge is 0.296 e. The molecule has 96 valence electrons. The molecule has 6 nitrogen and oxygen atoms in total. The van der Waals surface area contributed by atoms with Crippen molar-refractivity contribution in [2.75, 3.05) is 0 Å². The molecule has 0 saturated carbocycles. The fourth-order valence-electron chi connectivity index (χ4n) is 1.70. The molecule has 0 amide bonds. The third kappa shape index (κ3) is 1.98. The van der Waals surface area contributed by atoms with Gasteiger partial charge >= 0.3 is 5.76 Å². The van der Waals surface area contributed by atoms with Crippen LogP contribution in [-0.2, 0) is 0 Å². The molecule has 0 bridgehead atoms. The van der Waals surface area contributed by atoms with Gasteiger partial charge in [-0.05, 0) is 25.1 Å². The van der Waals surface area contributed by atoms with Crippen molar-refractivity contribution in [2.45, 2.75) is 6.92 Å². The minimum Gasteiger partial charge on any atom is -0.296 e. The summed E-state index contributed by atoms with van der Waals surface area (Å²) in [7, 11) is 0. The van der Waals surface area contributed by atoms with Crippen LogP contribution in [-0.4, -0.2) is 19.9 Å². The minimum atomic E-state index is -0.784. The van der Waals surface area contributed by atoms with Crippen LogP contribution in [0, 0.1) is 6.92 Å². The van der Waals surface area contributed by atoms with Crippen molar-refractivity contribution in [3.63, 3.8) is 0 Å². The van der Waals surface area contributed by atoms with Crippen LogP contribution in [0.1, 0.15) is 5.69 Å². The zero-order chi connectivity index (χ0) is 13.6. The summed E-state index contributed by atoms with van der Waals surface area (Å²) in [6, 6.07) is 4.99. The van der Waals surface area contributed by atoms with E-state index in [1.54, 1.807) is 25.1 Å². The molecule has 3 aromatic rings. The van der Waals surface area contributed by atoms with E-state index in [-0.39, 0.29) is 0 Å². The second-order valence-corrected chi connectivity index (χ2v) is 4.64. The number of hydrogen-bond donors (Lipinski definition) is 0. The number of aromatic nitrogens is 4. The molecule has 0 saturated heterocycles. The molecule has 1 aromatic carbocycles. The monoisotopic (exact) mass is 296 g/mol. The van der Waals surface area contributed by atoms with Crippen molar-refractivity contribution in [1.82, 2.24) is 19.9 Å². The Labute approximate surface area is 116 Å². The Bertz CT molecular complexity index is 840. The molecule has 0 fully saturated rings. The Hall–Kier alpha value is -1.92. The lowest BCUT2D eigenvalue weighted by molar-refractivity contribution is 0.363. The van der Waals surface area contributed by atoms with Crippen LogP contribution in [0.4, 0.5) is 0 Å². The molecule has 19 heavy (non-hydrogen) atoms. The number of benzene rings is 1. The maximum atomic E-state index is 11.2. The zero-order valence-electron chi connectivity index (χ0n) is 9.59. The highest BCUT2D eigenvalue weighted by atomic mass is 35.5. The van der Waals surface area contributed by atoms with E-state index in [0.717, 1.165) is 0 Å². The lowest BCUT2D eigenvalue weighted by atomic mass is 10.3. The van der Waals surface area contributed by atoms with Gasteiger partial charge in [0.1, 0.15) is 0 Å². The van der Waals surface area contributed by atoms with Gasteiger partial charge in [-0.25, -0.2) is 9.48 Å². The summed E-state index contributed by atoms with van der Waals surface area (Å²) in [4.78, 5) is 14.9. The van der Waals surface area contributed by atoms with Crippen LogP contribution in [0.15, 0.2) is 27.5 Å².